The molecule has 0 radical (unpaired) electrons. The third-order valence-electron chi connectivity index (χ3n) is 6.82. The minimum Gasteiger partial charge on any atom is -0.494 e. The topological polar surface area (TPSA) is 120 Å². The van der Waals surface area contributed by atoms with Crippen LogP contribution in [0.5, 0.6) is 5.75 Å². The summed E-state index contributed by atoms with van der Waals surface area (Å²) in [5.74, 6) is 1.28. The Bertz CT molecular complexity index is 1480. The first-order valence-corrected chi connectivity index (χ1v) is 12.5. The second kappa shape index (κ2) is 10.6. The Morgan fingerprint density at radius 1 is 1.15 bits per heavy atom. The zero-order valence-electron chi connectivity index (χ0n) is 21.4. The van der Waals surface area contributed by atoms with Gasteiger partial charge in [-0.2, -0.15) is 13.2 Å². The minimum absolute atomic E-state index is 0.00252. The number of alkyl halides is 3. The number of halogens is 3. The van der Waals surface area contributed by atoms with Crippen LogP contribution in [0.4, 0.5) is 13.2 Å². The molecule has 1 fully saturated rings. The second-order valence-electron chi connectivity index (χ2n) is 9.53. The third kappa shape index (κ3) is 5.42. The number of rotatable bonds is 6. The van der Waals surface area contributed by atoms with Crippen molar-refractivity contribution in [3.05, 3.63) is 65.7 Å². The van der Waals surface area contributed by atoms with Gasteiger partial charge in [-0.3, -0.25) is 4.79 Å². The first kappa shape index (κ1) is 26.5. The van der Waals surface area contributed by atoms with E-state index < -0.39 is 17.9 Å². The van der Waals surface area contributed by atoms with E-state index in [9.17, 15) is 18.0 Å². The van der Waals surface area contributed by atoms with Gasteiger partial charge in [0.25, 0.3) is 5.91 Å². The number of carbonyl (C=O) groups is 1. The highest BCUT2D eigenvalue weighted by atomic mass is 19.4. The van der Waals surface area contributed by atoms with Crippen molar-refractivity contribution in [2.24, 2.45) is 11.7 Å². The number of aromatic nitrogens is 4. The van der Waals surface area contributed by atoms with Crippen LogP contribution in [0.2, 0.25) is 0 Å². The number of amides is 1. The number of ether oxygens (including phenoxy) is 1. The van der Waals surface area contributed by atoms with Crippen molar-refractivity contribution in [3.8, 4) is 17.2 Å². The van der Waals surface area contributed by atoms with Gasteiger partial charge in [0.2, 0.25) is 5.89 Å². The lowest BCUT2D eigenvalue weighted by molar-refractivity contribution is -0.140. The minimum atomic E-state index is -4.62. The number of nitrogens with two attached hydrogens (primary N) is 1. The van der Waals surface area contributed by atoms with Gasteiger partial charge < -0.3 is 19.8 Å². The molecule has 9 nitrogen and oxygen atoms in total. The number of likely N-dealkylation sites (tertiary alicyclic amines) is 1. The molecule has 0 aliphatic carbocycles. The Morgan fingerprint density at radius 2 is 1.87 bits per heavy atom. The number of pyridine rings is 1. The fourth-order valence-corrected chi connectivity index (χ4v) is 4.79. The van der Waals surface area contributed by atoms with E-state index in [1.54, 1.807) is 36.4 Å². The molecule has 1 saturated heterocycles. The van der Waals surface area contributed by atoms with Gasteiger partial charge in [0, 0.05) is 42.9 Å². The average Bonchev–Trinajstić information content (AvgIpc) is 3.38. The Balaban J connectivity index is 1.43. The fraction of sp³-hybridized carbons (Fsp3) is 0.370. The number of fused-ring (bicyclic) bond motifs is 1. The van der Waals surface area contributed by atoms with Crippen LogP contribution >= 0.6 is 0 Å². The van der Waals surface area contributed by atoms with Gasteiger partial charge in [0.05, 0.1) is 13.2 Å². The van der Waals surface area contributed by atoms with Crippen molar-refractivity contribution in [3.63, 3.8) is 0 Å². The molecule has 4 heterocycles. The number of nitrogens with zero attached hydrogens (tertiary/aromatic N) is 5. The summed E-state index contributed by atoms with van der Waals surface area (Å²) in [6, 6.07) is 6.41. The molecule has 2 N–H and O–H groups in total. The number of benzene rings is 1. The number of methoxy groups -OCH3 is 1. The first-order chi connectivity index (χ1) is 18.7. The summed E-state index contributed by atoms with van der Waals surface area (Å²) in [7, 11) is 1.35. The number of piperidine rings is 1. The van der Waals surface area contributed by atoms with E-state index in [0.29, 0.717) is 30.0 Å². The SMILES string of the molecule is COc1ccc(-c2nc(C(=O)N3CCC(Cc4ncccn4)CC3)c([C@H](C)N)o2)c2ccc(C(F)(F)F)nc12. The molecule has 1 aliphatic rings. The van der Waals surface area contributed by atoms with E-state index in [2.05, 4.69) is 19.9 Å². The van der Waals surface area contributed by atoms with Gasteiger partial charge in [-0.1, -0.05) is 0 Å². The summed E-state index contributed by atoms with van der Waals surface area (Å²) in [6.45, 7) is 2.75. The molecule has 5 rings (SSSR count). The largest absolute Gasteiger partial charge is 0.494 e. The molecule has 0 bridgehead atoms. The van der Waals surface area contributed by atoms with Crippen LogP contribution in [0.3, 0.4) is 0 Å². The van der Waals surface area contributed by atoms with E-state index in [4.69, 9.17) is 14.9 Å². The number of carbonyl (C=O) groups excluding carboxylic acids is 1. The first-order valence-electron chi connectivity index (χ1n) is 12.5. The van der Waals surface area contributed by atoms with Gasteiger partial charge >= 0.3 is 6.18 Å². The highest BCUT2D eigenvalue weighted by molar-refractivity contribution is 5.98. The maximum absolute atomic E-state index is 13.5. The molecule has 4 aromatic rings. The molecule has 3 aromatic heterocycles. The highest BCUT2D eigenvalue weighted by Gasteiger charge is 2.34. The molecule has 0 spiro atoms. The molecule has 1 aliphatic heterocycles. The lowest BCUT2D eigenvalue weighted by Gasteiger charge is -2.31. The smallest absolute Gasteiger partial charge is 0.433 e. The van der Waals surface area contributed by atoms with Crippen molar-refractivity contribution < 1.29 is 27.1 Å². The third-order valence-corrected chi connectivity index (χ3v) is 6.82. The molecule has 0 unspecified atom stereocenters. The number of oxazole rings is 1. The van der Waals surface area contributed by atoms with Crippen LogP contribution in [0.1, 0.15) is 53.6 Å². The van der Waals surface area contributed by atoms with Crippen molar-refractivity contribution in [2.75, 3.05) is 20.2 Å². The van der Waals surface area contributed by atoms with Crippen LogP contribution in [-0.4, -0.2) is 50.9 Å². The zero-order chi connectivity index (χ0) is 27.7. The van der Waals surface area contributed by atoms with Crippen LogP contribution in [0.25, 0.3) is 22.4 Å². The standard InChI is InChI=1S/C27H27F3N6O3/c1-15(31)24-23(26(37)36-12-8-16(9-13-36)14-21-32-10-3-11-33-21)35-25(39-24)18-4-6-19(38-2)22-17(18)5-7-20(34-22)27(28,29)30/h3-7,10-11,15-16H,8-9,12-14,31H2,1-2H3/t15-/m0/s1. The normalized spacial score (nSPS) is 15.5. The molecule has 1 amide bonds. The summed E-state index contributed by atoms with van der Waals surface area (Å²) >= 11 is 0. The molecular weight excluding hydrogens is 513 g/mol. The van der Waals surface area contributed by atoms with Crippen molar-refractivity contribution in [1.82, 2.24) is 24.8 Å². The van der Waals surface area contributed by atoms with E-state index in [0.717, 1.165) is 31.2 Å². The molecular formula is C27H27F3N6O3. The Morgan fingerprint density at radius 3 is 2.51 bits per heavy atom. The van der Waals surface area contributed by atoms with Gasteiger partial charge in [0.15, 0.2) is 11.5 Å². The van der Waals surface area contributed by atoms with Crippen LogP contribution in [0, 0.1) is 5.92 Å². The van der Waals surface area contributed by atoms with Crippen LogP contribution in [-0.2, 0) is 12.6 Å². The quantitative estimate of drug-likeness (QED) is 0.370. The average molecular weight is 541 g/mol. The van der Waals surface area contributed by atoms with Gasteiger partial charge in [-0.15, -0.1) is 0 Å². The van der Waals surface area contributed by atoms with Crippen LogP contribution in [0.15, 0.2) is 47.1 Å². The van der Waals surface area contributed by atoms with E-state index in [-0.39, 0.29) is 34.5 Å². The maximum Gasteiger partial charge on any atom is 0.433 e. The Hall–Kier alpha value is -4.06. The number of hydrogen-bond donors (Lipinski definition) is 1. The highest BCUT2D eigenvalue weighted by Crippen LogP contribution is 2.37. The summed E-state index contributed by atoms with van der Waals surface area (Å²) < 4.78 is 51.2. The van der Waals surface area contributed by atoms with Crippen molar-refractivity contribution >= 4 is 16.8 Å². The summed E-state index contributed by atoms with van der Waals surface area (Å²) in [4.78, 5) is 32.1. The fourth-order valence-electron chi connectivity index (χ4n) is 4.79. The van der Waals surface area contributed by atoms with E-state index in [1.807, 2.05) is 0 Å². The molecule has 0 saturated carbocycles. The lowest BCUT2D eigenvalue weighted by Crippen LogP contribution is -2.39. The van der Waals surface area contributed by atoms with E-state index in [1.165, 1.54) is 19.2 Å². The monoisotopic (exact) mass is 540 g/mol. The summed E-state index contributed by atoms with van der Waals surface area (Å²) in [5.41, 5.74) is 5.55. The van der Waals surface area contributed by atoms with Gasteiger partial charge in [0.1, 0.15) is 22.8 Å². The zero-order valence-corrected chi connectivity index (χ0v) is 21.4. The lowest BCUT2D eigenvalue weighted by atomic mass is 9.93. The molecule has 204 valence electrons. The molecule has 12 heteroatoms. The maximum atomic E-state index is 13.5. The van der Waals surface area contributed by atoms with Crippen molar-refractivity contribution in [2.45, 2.75) is 38.4 Å². The summed E-state index contributed by atoms with van der Waals surface area (Å²) in [5, 5.41) is 0.336. The Labute approximate surface area is 222 Å². The van der Waals surface area contributed by atoms with Crippen molar-refractivity contribution in [1.29, 1.82) is 0 Å². The summed E-state index contributed by atoms with van der Waals surface area (Å²) in [6.07, 6.45) is 1.14. The predicted molar refractivity (Wildman–Crippen MR) is 136 cm³/mol. The molecule has 1 aromatic carbocycles. The predicted octanol–water partition coefficient (Wildman–Crippen LogP) is 4.82. The van der Waals surface area contributed by atoms with Gasteiger partial charge in [-0.25, -0.2) is 19.9 Å². The number of hydrogen-bond acceptors (Lipinski definition) is 8. The van der Waals surface area contributed by atoms with E-state index >= 15 is 0 Å². The second-order valence-corrected chi connectivity index (χ2v) is 9.53. The Kier molecular flexibility index (Phi) is 7.21. The van der Waals surface area contributed by atoms with Crippen LogP contribution < -0.4 is 10.5 Å². The van der Waals surface area contributed by atoms with Gasteiger partial charge in [-0.05, 0) is 56.0 Å². The molecule has 39 heavy (non-hydrogen) atoms. The molecule has 1 atom stereocenters.